The van der Waals surface area contributed by atoms with E-state index in [1.807, 2.05) is 14.0 Å². The first-order valence-corrected chi connectivity index (χ1v) is 7.72. The van der Waals surface area contributed by atoms with Crippen LogP contribution in [0.2, 0.25) is 0 Å². The number of aromatic amines is 1. The van der Waals surface area contributed by atoms with E-state index in [4.69, 9.17) is 0 Å². The van der Waals surface area contributed by atoms with Gasteiger partial charge in [0, 0.05) is 23.1 Å². The first kappa shape index (κ1) is 14.6. The van der Waals surface area contributed by atoms with Gasteiger partial charge in [-0.1, -0.05) is 32.0 Å². The Labute approximate surface area is 118 Å². The molecule has 106 valence electrons. The number of aromatic nitrogens is 2. The van der Waals surface area contributed by atoms with Crippen LogP contribution in [-0.2, 0) is 0 Å². The Hall–Kier alpha value is -0.810. The molecule has 1 fully saturated rings. The topological polar surface area (TPSA) is 57.8 Å². The third-order valence-electron chi connectivity index (χ3n) is 3.95. The van der Waals surface area contributed by atoms with E-state index in [-0.39, 0.29) is 11.0 Å². The Balaban J connectivity index is 2.19. The van der Waals surface area contributed by atoms with E-state index < -0.39 is 0 Å². The van der Waals surface area contributed by atoms with Crippen LogP contribution >= 0.6 is 11.8 Å². The Morgan fingerprint density at radius 2 is 2.26 bits per heavy atom. The monoisotopic (exact) mass is 281 g/mol. The van der Waals surface area contributed by atoms with Crippen molar-refractivity contribution in [2.45, 2.75) is 56.5 Å². The number of nitrogens with zero attached hydrogens (tertiary/aromatic N) is 1. The number of rotatable bonds is 3. The summed E-state index contributed by atoms with van der Waals surface area (Å²) in [5, 5.41) is 4.65. The summed E-state index contributed by atoms with van der Waals surface area (Å²) < 4.78 is 0. The maximum absolute atomic E-state index is 11.5. The van der Waals surface area contributed by atoms with Crippen molar-refractivity contribution in [3.05, 3.63) is 22.1 Å². The maximum Gasteiger partial charge on any atom is 0.251 e. The molecule has 1 aromatic heterocycles. The van der Waals surface area contributed by atoms with Crippen molar-refractivity contribution in [2.24, 2.45) is 5.41 Å². The molecule has 2 N–H and O–H groups in total. The molecule has 0 radical (unpaired) electrons. The average Bonchev–Trinajstić information content (AvgIpc) is 2.26. The molecule has 4 nitrogen and oxygen atoms in total. The summed E-state index contributed by atoms with van der Waals surface area (Å²) in [4.78, 5) is 18.8. The standard InChI is InChI=1S/C14H23N3OS/c1-9-8-11(18)17-13(16-9)19-10-6-5-7-14(2,3)12(10)15-4/h8,10,12,15H,5-7H2,1-4H3,(H,16,17,18). The summed E-state index contributed by atoms with van der Waals surface area (Å²) in [5.41, 5.74) is 1.00. The highest BCUT2D eigenvalue weighted by atomic mass is 32.2. The lowest BCUT2D eigenvalue weighted by Gasteiger charge is -2.43. The molecule has 2 atom stereocenters. The molecule has 1 aliphatic carbocycles. The zero-order chi connectivity index (χ0) is 14.0. The highest BCUT2D eigenvalue weighted by Crippen LogP contribution is 2.41. The van der Waals surface area contributed by atoms with Crippen LogP contribution in [0.3, 0.4) is 0 Å². The fourth-order valence-electron chi connectivity index (χ4n) is 3.04. The first-order valence-electron chi connectivity index (χ1n) is 6.84. The zero-order valence-corrected chi connectivity index (χ0v) is 12.9. The molecule has 5 heteroatoms. The summed E-state index contributed by atoms with van der Waals surface area (Å²) in [5.74, 6) is 0. The van der Waals surface area contributed by atoms with Crippen molar-refractivity contribution in [1.82, 2.24) is 15.3 Å². The van der Waals surface area contributed by atoms with E-state index in [1.54, 1.807) is 11.8 Å². The number of aryl methyl sites for hydroxylation is 1. The quantitative estimate of drug-likeness (QED) is 0.835. The number of hydrogen-bond donors (Lipinski definition) is 2. The van der Waals surface area contributed by atoms with Gasteiger partial charge in [-0.15, -0.1) is 0 Å². The van der Waals surface area contributed by atoms with E-state index in [9.17, 15) is 4.79 Å². The van der Waals surface area contributed by atoms with Crippen LogP contribution in [0.4, 0.5) is 0 Å². The minimum atomic E-state index is -0.0638. The molecule has 1 aliphatic rings. The van der Waals surface area contributed by atoms with Crippen molar-refractivity contribution in [1.29, 1.82) is 0 Å². The predicted octanol–water partition coefficient (Wildman–Crippen LogP) is 2.34. The van der Waals surface area contributed by atoms with Crippen molar-refractivity contribution in [3.8, 4) is 0 Å². The minimum absolute atomic E-state index is 0.0638. The van der Waals surface area contributed by atoms with Crippen molar-refractivity contribution in [3.63, 3.8) is 0 Å². The van der Waals surface area contributed by atoms with Gasteiger partial charge in [-0.2, -0.15) is 0 Å². The van der Waals surface area contributed by atoms with Gasteiger partial charge in [0.05, 0.1) is 0 Å². The molecule has 1 heterocycles. The van der Waals surface area contributed by atoms with E-state index in [2.05, 4.69) is 29.1 Å². The van der Waals surface area contributed by atoms with E-state index >= 15 is 0 Å². The molecule has 2 rings (SSSR count). The number of nitrogens with one attached hydrogen (secondary N) is 2. The van der Waals surface area contributed by atoms with Crippen molar-refractivity contribution < 1.29 is 0 Å². The molecule has 0 aliphatic heterocycles. The third kappa shape index (κ3) is 3.39. The normalized spacial score (nSPS) is 26.3. The number of H-pyrrole nitrogens is 1. The molecule has 2 unspecified atom stereocenters. The van der Waals surface area contributed by atoms with E-state index in [0.29, 0.717) is 11.3 Å². The Morgan fingerprint density at radius 1 is 1.53 bits per heavy atom. The molecule has 0 saturated heterocycles. The molecular formula is C14H23N3OS. The van der Waals surface area contributed by atoms with Crippen LogP contribution in [0.5, 0.6) is 0 Å². The molecular weight excluding hydrogens is 258 g/mol. The van der Waals surface area contributed by atoms with Crippen LogP contribution in [-0.4, -0.2) is 28.3 Å². The minimum Gasteiger partial charge on any atom is -0.315 e. The Kier molecular flexibility index (Phi) is 4.36. The average molecular weight is 281 g/mol. The second-order valence-electron chi connectivity index (χ2n) is 6.00. The first-order chi connectivity index (χ1) is 8.92. The lowest BCUT2D eigenvalue weighted by Crippen LogP contribution is -2.50. The highest BCUT2D eigenvalue weighted by Gasteiger charge is 2.38. The van der Waals surface area contributed by atoms with Gasteiger partial charge in [-0.25, -0.2) is 4.98 Å². The molecule has 0 aromatic carbocycles. The van der Waals surface area contributed by atoms with Gasteiger partial charge >= 0.3 is 0 Å². The van der Waals surface area contributed by atoms with Gasteiger partial charge in [0.2, 0.25) is 0 Å². The molecule has 1 aromatic rings. The SMILES string of the molecule is CNC1C(Sc2nc(C)cc(=O)[nH]2)CCCC1(C)C. The summed E-state index contributed by atoms with van der Waals surface area (Å²) in [6.07, 6.45) is 3.64. The van der Waals surface area contributed by atoms with Gasteiger partial charge < -0.3 is 10.3 Å². The molecule has 0 spiro atoms. The maximum atomic E-state index is 11.5. The summed E-state index contributed by atoms with van der Waals surface area (Å²) >= 11 is 1.70. The smallest absolute Gasteiger partial charge is 0.251 e. The number of thioether (sulfide) groups is 1. The van der Waals surface area contributed by atoms with Crippen LogP contribution in [0.15, 0.2) is 16.0 Å². The Morgan fingerprint density at radius 3 is 2.89 bits per heavy atom. The molecule has 0 amide bonds. The molecule has 1 saturated carbocycles. The van der Waals surface area contributed by atoms with E-state index in [1.165, 1.54) is 18.9 Å². The van der Waals surface area contributed by atoms with Gasteiger partial charge in [0.15, 0.2) is 5.16 Å². The Bertz CT molecular complexity index is 498. The fourth-order valence-corrected chi connectivity index (χ4v) is 4.61. The lowest BCUT2D eigenvalue weighted by atomic mass is 9.73. The molecule has 0 bridgehead atoms. The third-order valence-corrected chi connectivity index (χ3v) is 5.17. The summed E-state index contributed by atoms with van der Waals surface area (Å²) in [6.45, 7) is 6.49. The summed E-state index contributed by atoms with van der Waals surface area (Å²) in [7, 11) is 2.03. The van der Waals surface area contributed by atoms with E-state index in [0.717, 1.165) is 17.3 Å². The van der Waals surface area contributed by atoms with Gasteiger partial charge in [0.25, 0.3) is 5.56 Å². The van der Waals surface area contributed by atoms with Crippen LogP contribution in [0, 0.1) is 12.3 Å². The fraction of sp³-hybridized carbons (Fsp3) is 0.714. The lowest BCUT2D eigenvalue weighted by molar-refractivity contribution is 0.182. The van der Waals surface area contributed by atoms with Crippen molar-refractivity contribution >= 4 is 11.8 Å². The number of hydrogen-bond acceptors (Lipinski definition) is 4. The van der Waals surface area contributed by atoms with Gasteiger partial charge in [-0.3, -0.25) is 4.79 Å². The largest absolute Gasteiger partial charge is 0.315 e. The van der Waals surface area contributed by atoms with Gasteiger partial charge in [0.1, 0.15) is 0 Å². The second kappa shape index (κ2) is 5.67. The van der Waals surface area contributed by atoms with Crippen LogP contribution in [0.25, 0.3) is 0 Å². The van der Waals surface area contributed by atoms with Crippen molar-refractivity contribution in [2.75, 3.05) is 7.05 Å². The van der Waals surface area contributed by atoms with Gasteiger partial charge in [-0.05, 0) is 32.2 Å². The zero-order valence-electron chi connectivity index (χ0n) is 12.1. The predicted molar refractivity (Wildman–Crippen MR) is 79.7 cm³/mol. The summed E-state index contributed by atoms with van der Waals surface area (Å²) in [6, 6.07) is 1.97. The van der Waals surface area contributed by atoms with Crippen LogP contribution < -0.4 is 10.9 Å². The molecule has 19 heavy (non-hydrogen) atoms. The second-order valence-corrected chi connectivity index (χ2v) is 7.22. The van der Waals surface area contributed by atoms with Crippen LogP contribution in [0.1, 0.15) is 38.8 Å². The highest BCUT2D eigenvalue weighted by molar-refractivity contribution is 7.99.